The summed E-state index contributed by atoms with van der Waals surface area (Å²) in [5.41, 5.74) is 1.52. The van der Waals surface area contributed by atoms with E-state index in [0.717, 1.165) is 0 Å². The summed E-state index contributed by atoms with van der Waals surface area (Å²) in [5, 5.41) is 9.25. The molecule has 2 heterocycles. The number of benzene rings is 2. The molecule has 4 rings (SSSR count). The average Bonchev–Trinajstić information content (AvgIpc) is 2.69. The molecule has 3 aromatic rings. The van der Waals surface area contributed by atoms with Crippen molar-refractivity contribution < 1.29 is 14.3 Å². The van der Waals surface area contributed by atoms with Gasteiger partial charge in [0.1, 0.15) is 6.61 Å². The molecule has 7 heteroatoms. The Morgan fingerprint density at radius 1 is 1.04 bits per heavy atom. The lowest BCUT2D eigenvalue weighted by molar-refractivity contribution is -0.125. The van der Waals surface area contributed by atoms with Crippen molar-refractivity contribution in [2.24, 2.45) is 0 Å². The molecule has 0 aliphatic carbocycles. The Balaban J connectivity index is 1.56. The first-order chi connectivity index (χ1) is 12.7. The first-order valence-electron chi connectivity index (χ1n) is 8.05. The summed E-state index contributed by atoms with van der Waals surface area (Å²) in [6.07, 6.45) is -0.763. The summed E-state index contributed by atoms with van der Waals surface area (Å²) in [4.78, 5) is 23.8. The van der Waals surface area contributed by atoms with E-state index in [9.17, 15) is 9.59 Å². The molecular formula is C19H15N3O4. The van der Waals surface area contributed by atoms with Crippen molar-refractivity contribution >= 4 is 11.6 Å². The fraction of sp³-hybridized carbons (Fsp3) is 0.105. The number of nitrogens with one attached hydrogen (secondary N) is 2. The zero-order chi connectivity index (χ0) is 17.9. The quantitative estimate of drug-likeness (QED) is 0.756. The van der Waals surface area contributed by atoms with Crippen LogP contribution in [0.1, 0.15) is 0 Å². The van der Waals surface area contributed by atoms with E-state index in [1.54, 1.807) is 30.3 Å². The summed E-state index contributed by atoms with van der Waals surface area (Å²) in [6, 6.07) is 17.4. The number of carbonyl (C=O) groups excluding carboxylic acids is 1. The highest BCUT2D eigenvalue weighted by molar-refractivity contribution is 5.98. The van der Waals surface area contributed by atoms with Crippen molar-refractivity contribution in [2.45, 2.75) is 6.10 Å². The first-order valence-corrected chi connectivity index (χ1v) is 8.05. The average molecular weight is 349 g/mol. The Bertz CT molecular complexity index is 995. The van der Waals surface area contributed by atoms with E-state index in [1.165, 1.54) is 6.07 Å². The molecule has 7 nitrogen and oxygen atoms in total. The zero-order valence-corrected chi connectivity index (χ0v) is 13.6. The molecule has 1 amide bonds. The van der Waals surface area contributed by atoms with Crippen LogP contribution in [0.2, 0.25) is 0 Å². The van der Waals surface area contributed by atoms with E-state index < -0.39 is 6.10 Å². The van der Waals surface area contributed by atoms with Gasteiger partial charge in [0.2, 0.25) is 6.10 Å². The van der Waals surface area contributed by atoms with Crippen LogP contribution in [0.3, 0.4) is 0 Å². The molecule has 1 aliphatic heterocycles. The number of carbonyl (C=O) groups is 1. The van der Waals surface area contributed by atoms with E-state index in [2.05, 4.69) is 15.5 Å². The number of para-hydroxylation sites is 3. The Kier molecular flexibility index (Phi) is 4.10. The van der Waals surface area contributed by atoms with Gasteiger partial charge in [-0.15, -0.1) is 0 Å². The van der Waals surface area contributed by atoms with Gasteiger partial charge in [-0.05, 0) is 24.3 Å². The lowest BCUT2D eigenvalue weighted by Gasteiger charge is -2.25. The van der Waals surface area contributed by atoms with E-state index in [4.69, 9.17) is 9.47 Å². The molecular weight excluding hydrogens is 334 g/mol. The predicted octanol–water partition coefficient (Wildman–Crippen LogP) is 2.22. The minimum Gasteiger partial charge on any atom is -0.485 e. The first kappa shape index (κ1) is 15.9. The second kappa shape index (κ2) is 6.72. The monoisotopic (exact) mass is 349 g/mol. The van der Waals surface area contributed by atoms with Gasteiger partial charge in [0.25, 0.3) is 11.5 Å². The Morgan fingerprint density at radius 3 is 2.62 bits per heavy atom. The van der Waals surface area contributed by atoms with Crippen molar-refractivity contribution in [1.82, 2.24) is 10.2 Å². The highest BCUT2D eigenvalue weighted by Crippen LogP contribution is 2.31. The molecule has 2 N–H and O–H groups in total. The molecule has 2 aromatic carbocycles. The van der Waals surface area contributed by atoms with Gasteiger partial charge in [-0.25, -0.2) is 5.10 Å². The van der Waals surface area contributed by atoms with Crippen molar-refractivity contribution in [3.8, 4) is 22.8 Å². The summed E-state index contributed by atoms with van der Waals surface area (Å²) in [5.74, 6) is 0.834. The molecule has 0 saturated carbocycles. The van der Waals surface area contributed by atoms with E-state index in [0.29, 0.717) is 28.4 Å². The molecule has 0 bridgehead atoms. The fourth-order valence-electron chi connectivity index (χ4n) is 2.67. The standard InChI is InChI=1S/C19H15N3O4/c23-18-10-9-14(21-22-18)12-5-1-2-6-13(12)20-19(24)17-11-25-15-7-3-4-8-16(15)26-17/h1-10,17H,11H2,(H,20,24)(H,22,23). The van der Waals surface area contributed by atoms with Crippen molar-refractivity contribution in [1.29, 1.82) is 0 Å². The van der Waals surface area contributed by atoms with Gasteiger partial charge in [-0.2, -0.15) is 5.10 Å². The van der Waals surface area contributed by atoms with Crippen LogP contribution in [-0.2, 0) is 4.79 Å². The number of hydrogen-bond donors (Lipinski definition) is 2. The summed E-state index contributed by atoms with van der Waals surface area (Å²) < 4.78 is 11.3. The number of H-pyrrole nitrogens is 1. The fourth-order valence-corrected chi connectivity index (χ4v) is 2.67. The van der Waals surface area contributed by atoms with Crippen LogP contribution < -0.4 is 20.3 Å². The van der Waals surface area contributed by atoms with Crippen molar-refractivity contribution in [2.75, 3.05) is 11.9 Å². The predicted molar refractivity (Wildman–Crippen MR) is 95.3 cm³/mol. The summed E-state index contributed by atoms with van der Waals surface area (Å²) in [6.45, 7) is 0.127. The van der Waals surface area contributed by atoms with E-state index in [1.807, 2.05) is 24.3 Å². The molecule has 26 heavy (non-hydrogen) atoms. The number of aromatic amines is 1. The third kappa shape index (κ3) is 3.14. The maximum Gasteiger partial charge on any atom is 0.269 e. The van der Waals surface area contributed by atoms with Gasteiger partial charge in [0.05, 0.1) is 11.4 Å². The maximum atomic E-state index is 12.6. The number of nitrogens with zero attached hydrogens (tertiary/aromatic N) is 1. The Morgan fingerprint density at radius 2 is 1.81 bits per heavy atom. The number of hydrogen-bond acceptors (Lipinski definition) is 5. The van der Waals surface area contributed by atoms with Crippen LogP contribution in [0.5, 0.6) is 11.5 Å². The van der Waals surface area contributed by atoms with Crippen LogP contribution >= 0.6 is 0 Å². The SMILES string of the molecule is O=C(Nc1ccccc1-c1ccc(=O)[nH]n1)C1COc2ccccc2O1. The number of fused-ring (bicyclic) bond motifs is 1. The van der Waals surface area contributed by atoms with Crippen LogP contribution in [0, 0.1) is 0 Å². The third-order valence-corrected chi connectivity index (χ3v) is 3.94. The summed E-state index contributed by atoms with van der Waals surface area (Å²) in [7, 11) is 0. The van der Waals surface area contributed by atoms with Crippen LogP contribution in [0.25, 0.3) is 11.3 Å². The molecule has 1 aromatic heterocycles. The topological polar surface area (TPSA) is 93.3 Å². The molecule has 130 valence electrons. The zero-order valence-electron chi connectivity index (χ0n) is 13.6. The number of anilines is 1. The van der Waals surface area contributed by atoms with Crippen molar-refractivity contribution in [3.05, 3.63) is 71.0 Å². The van der Waals surface area contributed by atoms with Gasteiger partial charge in [0, 0.05) is 11.6 Å². The van der Waals surface area contributed by atoms with Gasteiger partial charge in [-0.3, -0.25) is 9.59 Å². The van der Waals surface area contributed by atoms with Gasteiger partial charge < -0.3 is 14.8 Å². The molecule has 0 radical (unpaired) electrons. The minimum atomic E-state index is -0.763. The smallest absolute Gasteiger partial charge is 0.269 e. The second-order valence-corrected chi connectivity index (χ2v) is 5.71. The summed E-state index contributed by atoms with van der Waals surface area (Å²) >= 11 is 0. The van der Waals surface area contributed by atoms with Crippen LogP contribution in [-0.4, -0.2) is 28.8 Å². The second-order valence-electron chi connectivity index (χ2n) is 5.71. The van der Waals surface area contributed by atoms with Gasteiger partial charge in [0.15, 0.2) is 11.5 Å². The molecule has 0 spiro atoms. The van der Waals surface area contributed by atoms with Crippen LogP contribution in [0.4, 0.5) is 5.69 Å². The lowest BCUT2D eigenvalue weighted by Crippen LogP contribution is -2.40. The molecule has 0 fully saturated rings. The van der Waals surface area contributed by atoms with Crippen LogP contribution in [0.15, 0.2) is 65.5 Å². The Labute approximate surface area is 148 Å². The highest BCUT2D eigenvalue weighted by atomic mass is 16.6. The molecule has 0 saturated heterocycles. The third-order valence-electron chi connectivity index (χ3n) is 3.94. The lowest BCUT2D eigenvalue weighted by atomic mass is 10.1. The molecule has 1 atom stereocenters. The van der Waals surface area contributed by atoms with Crippen molar-refractivity contribution in [3.63, 3.8) is 0 Å². The number of aromatic nitrogens is 2. The molecule has 1 aliphatic rings. The minimum absolute atomic E-state index is 0.127. The largest absolute Gasteiger partial charge is 0.485 e. The number of amides is 1. The maximum absolute atomic E-state index is 12.6. The molecule has 1 unspecified atom stereocenters. The Hall–Kier alpha value is -3.61. The highest BCUT2D eigenvalue weighted by Gasteiger charge is 2.27. The number of rotatable bonds is 3. The van der Waals surface area contributed by atoms with Gasteiger partial charge >= 0.3 is 0 Å². The van der Waals surface area contributed by atoms with E-state index in [-0.39, 0.29) is 18.1 Å². The normalized spacial score (nSPS) is 15.3. The number of ether oxygens (including phenoxy) is 2. The van der Waals surface area contributed by atoms with Gasteiger partial charge in [-0.1, -0.05) is 30.3 Å². The van der Waals surface area contributed by atoms with E-state index >= 15 is 0 Å².